The molecule has 1 aliphatic carbocycles. The molecule has 3 nitrogen and oxygen atoms in total. The minimum absolute atomic E-state index is 0.935. The third-order valence-corrected chi connectivity index (χ3v) is 4.60. The van der Waals surface area contributed by atoms with E-state index in [0.717, 1.165) is 18.5 Å². The van der Waals surface area contributed by atoms with Crippen LogP contribution in [-0.4, -0.2) is 61.7 Å². The molecule has 2 fully saturated rings. The number of likely N-dealkylation sites (N-methyl/N-ethyl adjacent to an activating group) is 1. The Balaban J connectivity index is 1.49. The number of nitrogens with one attached hydrogen (secondary N) is 1. The highest BCUT2D eigenvalue weighted by molar-refractivity contribution is 4.92. The average Bonchev–Trinajstić information content (AvgIpc) is 2.96. The number of piperidine rings is 1. The molecule has 0 radical (unpaired) electrons. The van der Waals surface area contributed by atoms with Crippen molar-refractivity contribution in [1.29, 1.82) is 0 Å². The van der Waals surface area contributed by atoms with E-state index in [9.17, 15) is 0 Å². The molecule has 2 bridgehead atoms. The van der Waals surface area contributed by atoms with Gasteiger partial charge in [-0.1, -0.05) is 13.8 Å². The lowest BCUT2D eigenvalue weighted by Gasteiger charge is -2.27. The van der Waals surface area contributed by atoms with Gasteiger partial charge in [-0.2, -0.15) is 0 Å². The molecule has 100 valence electrons. The molecule has 0 amide bonds. The van der Waals surface area contributed by atoms with Crippen molar-refractivity contribution in [2.45, 2.75) is 39.2 Å². The lowest BCUT2D eigenvalue weighted by atomic mass is 10.1. The number of nitrogens with zero attached hydrogens (tertiary/aromatic N) is 2. The zero-order valence-electron chi connectivity index (χ0n) is 11.6. The summed E-state index contributed by atoms with van der Waals surface area (Å²) < 4.78 is 0. The molecule has 2 atom stereocenters. The number of hydrogen-bond donors (Lipinski definition) is 1. The van der Waals surface area contributed by atoms with Crippen molar-refractivity contribution >= 4 is 0 Å². The first-order chi connectivity index (χ1) is 8.33. The van der Waals surface area contributed by atoms with E-state index >= 15 is 0 Å². The fourth-order valence-corrected chi connectivity index (χ4v) is 3.43. The third kappa shape index (κ3) is 3.67. The van der Waals surface area contributed by atoms with Crippen LogP contribution in [0, 0.1) is 5.92 Å². The van der Waals surface area contributed by atoms with Crippen LogP contribution in [0.5, 0.6) is 0 Å². The number of fused-ring (bicyclic) bond motifs is 2. The first-order valence-corrected chi connectivity index (χ1v) is 7.50. The number of likely N-dealkylation sites (tertiary alicyclic amines) is 1. The summed E-state index contributed by atoms with van der Waals surface area (Å²) in [5.41, 5.74) is 0. The van der Waals surface area contributed by atoms with Gasteiger partial charge in [-0.15, -0.1) is 0 Å². The van der Waals surface area contributed by atoms with Gasteiger partial charge in [0.15, 0.2) is 0 Å². The Hall–Kier alpha value is -0.120. The van der Waals surface area contributed by atoms with Crippen molar-refractivity contribution in [2.24, 2.45) is 5.92 Å². The molecule has 2 aliphatic rings. The summed E-state index contributed by atoms with van der Waals surface area (Å²) in [7, 11) is 0. The van der Waals surface area contributed by atoms with Crippen LogP contribution in [0.2, 0.25) is 0 Å². The lowest BCUT2D eigenvalue weighted by molar-refractivity contribution is 0.212. The largest absolute Gasteiger partial charge is 0.314 e. The maximum Gasteiger partial charge on any atom is 0.0110 e. The van der Waals surface area contributed by atoms with Gasteiger partial charge in [0.2, 0.25) is 0 Å². The Labute approximate surface area is 107 Å². The topological polar surface area (TPSA) is 18.5 Å². The molecule has 1 N–H and O–H groups in total. The molecule has 0 aromatic rings. The van der Waals surface area contributed by atoms with Gasteiger partial charge in [0, 0.05) is 38.8 Å². The second kappa shape index (κ2) is 6.72. The summed E-state index contributed by atoms with van der Waals surface area (Å²) in [5.74, 6) is 1.04. The second-order valence-electron chi connectivity index (χ2n) is 5.60. The van der Waals surface area contributed by atoms with Gasteiger partial charge in [0.1, 0.15) is 0 Å². The van der Waals surface area contributed by atoms with E-state index in [4.69, 9.17) is 0 Å². The summed E-state index contributed by atoms with van der Waals surface area (Å²) in [6.07, 6.45) is 4.44. The monoisotopic (exact) mass is 239 g/mol. The fraction of sp³-hybridized carbons (Fsp3) is 1.00. The van der Waals surface area contributed by atoms with Crippen molar-refractivity contribution in [3.8, 4) is 0 Å². The maximum absolute atomic E-state index is 3.59. The van der Waals surface area contributed by atoms with Crippen molar-refractivity contribution in [1.82, 2.24) is 15.1 Å². The highest BCUT2D eigenvalue weighted by Gasteiger charge is 2.36. The van der Waals surface area contributed by atoms with E-state index in [-0.39, 0.29) is 0 Å². The van der Waals surface area contributed by atoms with Crippen LogP contribution in [0.4, 0.5) is 0 Å². The summed E-state index contributed by atoms with van der Waals surface area (Å²) in [6, 6.07) is 0.935. The first-order valence-electron chi connectivity index (χ1n) is 7.50. The zero-order valence-corrected chi connectivity index (χ0v) is 11.6. The molecule has 1 heterocycles. The van der Waals surface area contributed by atoms with Crippen LogP contribution in [0.3, 0.4) is 0 Å². The zero-order chi connectivity index (χ0) is 12.1. The number of hydrogen-bond acceptors (Lipinski definition) is 3. The maximum atomic E-state index is 3.59. The molecule has 17 heavy (non-hydrogen) atoms. The van der Waals surface area contributed by atoms with Gasteiger partial charge in [0.05, 0.1) is 0 Å². The van der Waals surface area contributed by atoms with Crippen LogP contribution in [0.1, 0.15) is 33.1 Å². The predicted octanol–water partition coefficient (Wildman–Crippen LogP) is 1.40. The Bertz CT molecular complexity index is 216. The van der Waals surface area contributed by atoms with Gasteiger partial charge < -0.3 is 10.2 Å². The smallest absolute Gasteiger partial charge is 0.0110 e. The number of rotatable bonds is 8. The first kappa shape index (κ1) is 13.3. The average molecular weight is 239 g/mol. The van der Waals surface area contributed by atoms with Crippen molar-refractivity contribution < 1.29 is 0 Å². The SMILES string of the molecule is CCN(CC)CCNCCN1CC2CCC1C2. The quantitative estimate of drug-likeness (QED) is 0.646. The normalized spacial score (nSPS) is 28.4. The van der Waals surface area contributed by atoms with Gasteiger partial charge >= 0.3 is 0 Å². The van der Waals surface area contributed by atoms with E-state index in [0.29, 0.717) is 0 Å². The Kier molecular flexibility index (Phi) is 5.26. The summed E-state index contributed by atoms with van der Waals surface area (Å²) in [6.45, 7) is 13.0. The molecular weight excluding hydrogens is 210 g/mol. The van der Waals surface area contributed by atoms with E-state index in [2.05, 4.69) is 29.0 Å². The minimum Gasteiger partial charge on any atom is -0.314 e. The Morgan fingerprint density at radius 2 is 2.00 bits per heavy atom. The van der Waals surface area contributed by atoms with E-state index in [1.165, 1.54) is 58.5 Å². The van der Waals surface area contributed by atoms with E-state index < -0.39 is 0 Å². The molecule has 0 aromatic carbocycles. The van der Waals surface area contributed by atoms with Crippen molar-refractivity contribution in [3.63, 3.8) is 0 Å². The fourth-order valence-electron chi connectivity index (χ4n) is 3.43. The lowest BCUT2D eigenvalue weighted by Crippen LogP contribution is -2.39. The van der Waals surface area contributed by atoms with Gasteiger partial charge in [-0.3, -0.25) is 4.90 Å². The molecule has 1 saturated carbocycles. The van der Waals surface area contributed by atoms with Crippen molar-refractivity contribution in [3.05, 3.63) is 0 Å². The second-order valence-corrected chi connectivity index (χ2v) is 5.60. The summed E-state index contributed by atoms with van der Waals surface area (Å²) >= 11 is 0. The predicted molar refractivity (Wildman–Crippen MR) is 73.4 cm³/mol. The van der Waals surface area contributed by atoms with Gasteiger partial charge in [-0.25, -0.2) is 0 Å². The van der Waals surface area contributed by atoms with Crippen LogP contribution in [0.25, 0.3) is 0 Å². The Morgan fingerprint density at radius 1 is 1.18 bits per heavy atom. The molecule has 1 aliphatic heterocycles. The van der Waals surface area contributed by atoms with Crippen LogP contribution in [0.15, 0.2) is 0 Å². The summed E-state index contributed by atoms with van der Waals surface area (Å²) in [5, 5.41) is 3.59. The highest BCUT2D eigenvalue weighted by atomic mass is 15.2. The Morgan fingerprint density at radius 3 is 2.59 bits per heavy atom. The van der Waals surface area contributed by atoms with E-state index in [1.807, 2.05) is 0 Å². The van der Waals surface area contributed by atoms with Crippen LogP contribution in [-0.2, 0) is 0 Å². The highest BCUT2D eigenvalue weighted by Crippen LogP contribution is 2.36. The molecule has 2 unspecified atom stereocenters. The van der Waals surface area contributed by atoms with E-state index in [1.54, 1.807) is 0 Å². The molecule has 0 spiro atoms. The summed E-state index contributed by atoms with van der Waals surface area (Å²) in [4.78, 5) is 5.18. The van der Waals surface area contributed by atoms with Crippen LogP contribution < -0.4 is 5.32 Å². The molecule has 0 aromatic heterocycles. The standard InChI is InChI=1S/C14H29N3/c1-3-16(4-2)9-7-15-8-10-17-12-13-5-6-14(17)11-13/h13-15H,3-12H2,1-2H3. The van der Waals surface area contributed by atoms with Gasteiger partial charge in [-0.05, 0) is 38.3 Å². The molecular formula is C14H29N3. The molecule has 3 heteroatoms. The minimum atomic E-state index is 0.935. The third-order valence-electron chi connectivity index (χ3n) is 4.60. The van der Waals surface area contributed by atoms with Gasteiger partial charge in [0.25, 0.3) is 0 Å². The molecule has 2 rings (SSSR count). The van der Waals surface area contributed by atoms with Crippen molar-refractivity contribution in [2.75, 3.05) is 45.8 Å². The van der Waals surface area contributed by atoms with Crippen LogP contribution >= 0.6 is 0 Å². The molecule has 1 saturated heterocycles.